The zero-order chi connectivity index (χ0) is 14.8. The van der Waals surface area contributed by atoms with E-state index in [0.29, 0.717) is 11.4 Å². The van der Waals surface area contributed by atoms with Gasteiger partial charge in [0.15, 0.2) is 0 Å². The highest BCUT2D eigenvalue weighted by Gasteiger charge is 2.14. The molecular formula is C16H14FN3O. The van der Waals surface area contributed by atoms with Crippen molar-refractivity contribution in [1.29, 1.82) is 0 Å². The van der Waals surface area contributed by atoms with Gasteiger partial charge in [-0.25, -0.2) is 9.18 Å². The van der Waals surface area contributed by atoms with Crippen LogP contribution in [0.2, 0.25) is 0 Å². The van der Waals surface area contributed by atoms with Gasteiger partial charge in [0.25, 0.3) is 0 Å². The number of hydrogen-bond donors (Lipinski definition) is 3. The molecule has 2 amide bonds. The molecule has 3 rings (SSSR count). The summed E-state index contributed by atoms with van der Waals surface area (Å²) >= 11 is 0. The molecule has 0 fully saturated rings. The fourth-order valence-corrected chi connectivity index (χ4v) is 2.25. The number of anilines is 3. The van der Waals surface area contributed by atoms with Crippen LogP contribution in [0.4, 0.5) is 26.2 Å². The minimum Gasteiger partial charge on any atom is -0.359 e. The molecule has 1 aliphatic rings. The first-order valence-electron chi connectivity index (χ1n) is 6.51. The summed E-state index contributed by atoms with van der Waals surface area (Å²) in [7, 11) is 0. The second kappa shape index (κ2) is 5.28. The van der Waals surface area contributed by atoms with E-state index in [1.54, 1.807) is 6.07 Å². The van der Waals surface area contributed by atoms with Crippen molar-refractivity contribution < 1.29 is 9.18 Å². The second-order valence-corrected chi connectivity index (χ2v) is 4.87. The van der Waals surface area contributed by atoms with E-state index in [2.05, 4.69) is 22.5 Å². The van der Waals surface area contributed by atoms with Gasteiger partial charge in [0, 0.05) is 29.2 Å². The normalized spacial score (nSPS) is 12.5. The number of halogens is 1. The van der Waals surface area contributed by atoms with E-state index in [4.69, 9.17) is 0 Å². The van der Waals surface area contributed by atoms with Crippen molar-refractivity contribution in [3.05, 3.63) is 66.1 Å². The van der Waals surface area contributed by atoms with Gasteiger partial charge in [-0.1, -0.05) is 18.7 Å². The molecule has 1 heterocycles. The Balaban J connectivity index is 1.68. The monoisotopic (exact) mass is 283 g/mol. The van der Waals surface area contributed by atoms with Crippen molar-refractivity contribution in [3.8, 4) is 0 Å². The Morgan fingerprint density at radius 2 is 1.90 bits per heavy atom. The molecule has 0 unspecified atom stereocenters. The summed E-state index contributed by atoms with van der Waals surface area (Å²) < 4.78 is 13.0. The summed E-state index contributed by atoms with van der Waals surface area (Å²) in [6.45, 7) is 3.88. The number of benzene rings is 2. The van der Waals surface area contributed by atoms with E-state index in [1.165, 1.54) is 18.2 Å². The molecule has 1 aliphatic heterocycles. The number of fused-ring (bicyclic) bond motifs is 1. The molecule has 0 saturated heterocycles. The maximum atomic E-state index is 13.0. The SMILES string of the molecule is C=C1Cc2ccc(NC(=O)Nc3cccc(F)c3)cc2N1. The first kappa shape index (κ1) is 13.2. The Bertz CT molecular complexity index is 727. The quantitative estimate of drug-likeness (QED) is 0.781. The Hall–Kier alpha value is -2.82. The molecule has 2 aromatic rings. The lowest BCUT2D eigenvalue weighted by atomic mass is 10.1. The van der Waals surface area contributed by atoms with Gasteiger partial charge in [-0.2, -0.15) is 0 Å². The molecule has 3 N–H and O–H groups in total. The van der Waals surface area contributed by atoms with Crippen molar-refractivity contribution in [2.75, 3.05) is 16.0 Å². The molecule has 0 spiro atoms. The smallest absolute Gasteiger partial charge is 0.323 e. The summed E-state index contributed by atoms with van der Waals surface area (Å²) in [4.78, 5) is 11.9. The van der Waals surface area contributed by atoms with E-state index in [-0.39, 0.29) is 0 Å². The van der Waals surface area contributed by atoms with Crippen LogP contribution in [0, 0.1) is 5.82 Å². The van der Waals surface area contributed by atoms with Crippen LogP contribution in [-0.4, -0.2) is 6.03 Å². The molecule has 4 nitrogen and oxygen atoms in total. The van der Waals surface area contributed by atoms with Gasteiger partial charge in [-0.15, -0.1) is 0 Å². The van der Waals surface area contributed by atoms with Crippen LogP contribution >= 0.6 is 0 Å². The summed E-state index contributed by atoms with van der Waals surface area (Å²) in [5.41, 5.74) is 4.09. The Morgan fingerprint density at radius 3 is 2.67 bits per heavy atom. The van der Waals surface area contributed by atoms with Crippen molar-refractivity contribution in [1.82, 2.24) is 0 Å². The van der Waals surface area contributed by atoms with Gasteiger partial charge >= 0.3 is 6.03 Å². The minimum atomic E-state index is -0.419. The van der Waals surface area contributed by atoms with Crippen LogP contribution in [0.15, 0.2) is 54.7 Å². The zero-order valence-electron chi connectivity index (χ0n) is 11.2. The van der Waals surface area contributed by atoms with Crippen molar-refractivity contribution in [2.45, 2.75) is 6.42 Å². The van der Waals surface area contributed by atoms with E-state index < -0.39 is 11.8 Å². The average molecular weight is 283 g/mol. The maximum absolute atomic E-state index is 13.0. The Kier molecular flexibility index (Phi) is 3.31. The molecule has 21 heavy (non-hydrogen) atoms. The molecular weight excluding hydrogens is 269 g/mol. The van der Waals surface area contributed by atoms with Crippen LogP contribution in [0.25, 0.3) is 0 Å². The average Bonchev–Trinajstić information content (AvgIpc) is 2.78. The van der Waals surface area contributed by atoms with Crippen LogP contribution < -0.4 is 16.0 Å². The van der Waals surface area contributed by atoms with E-state index in [0.717, 1.165) is 23.4 Å². The number of allylic oxidation sites excluding steroid dienone is 1. The van der Waals surface area contributed by atoms with E-state index in [9.17, 15) is 9.18 Å². The number of hydrogen-bond acceptors (Lipinski definition) is 2. The third-order valence-corrected chi connectivity index (χ3v) is 3.17. The highest BCUT2D eigenvalue weighted by Crippen LogP contribution is 2.29. The standard InChI is InChI=1S/C16H14FN3O/c1-10-7-11-5-6-14(9-15(11)18-10)20-16(21)19-13-4-2-3-12(17)8-13/h2-6,8-9,18H,1,7H2,(H2,19,20,21). The van der Waals surface area contributed by atoms with Gasteiger partial charge in [0.05, 0.1) is 0 Å². The number of nitrogens with one attached hydrogen (secondary N) is 3. The van der Waals surface area contributed by atoms with Crippen molar-refractivity contribution >= 4 is 23.1 Å². The van der Waals surface area contributed by atoms with Crippen LogP contribution in [0.3, 0.4) is 0 Å². The molecule has 5 heteroatoms. The molecule has 0 bridgehead atoms. The third kappa shape index (κ3) is 3.02. The lowest BCUT2D eigenvalue weighted by Gasteiger charge is -2.09. The number of carbonyl (C=O) groups excluding carboxylic acids is 1. The number of rotatable bonds is 2. The predicted octanol–water partition coefficient (Wildman–Crippen LogP) is 3.95. The molecule has 0 aliphatic carbocycles. The number of carbonyl (C=O) groups is 1. The molecule has 0 atom stereocenters. The van der Waals surface area contributed by atoms with E-state index >= 15 is 0 Å². The zero-order valence-corrected chi connectivity index (χ0v) is 11.2. The predicted molar refractivity (Wildman–Crippen MR) is 82.0 cm³/mol. The lowest BCUT2D eigenvalue weighted by Crippen LogP contribution is -2.19. The number of amides is 2. The van der Waals surface area contributed by atoms with Gasteiger partial charge < -0.3 is 16.0 Å². The summed E-state index contributed by atoms with van der Waals surface area (Å²) in [5.74, 6) is -0.395. The first-order valence-corrected chi connectivity index (χ1v) is 6.51. The molecule has 0 saturated carbocycles. The fraction of sp³-hybridized carbons (Fsp3) is 0.0625. The second-order valence-electron chi connectivity index (χ2n) is 4.87. The highest BCUT2D eigenvalue weighted by atomic mass is 19.1. The molecule has 0 radical (unpaired) electrons. The van der Waals surface area contributed by atoms with Crippen LogP contribution in [0.1, 0.15) is 5.56 Å². The lowest BCUT2D eigenvalue weighted by molar-refractivity contribution is 0.262. The first-order chi connectivity index (χ1) is 10.1. The third-order valence-electron chi connectivity index (χ3n) is 3.17. The van der Waals surface area contributed by atoms with Gasteiger partial charge in [0.1, 0.15) is 5.82 Å². The highest BCUT2D eigenvalue weighted by molar-refractivity contribution is 6.00. The Morgan fingerprint density at radius 1 is 1.14 bits per heavy atom. The summed E-state index contributed by atoms with van der Waals surface area (Å²) in [5, 5.41) is 8.44. The maximum Gasteiger partial charge on any atom is 0.323 e. The van der Waals surface area contributed by atoms with Gasteiger partial charge in [0.2, 0.25) is 0 Å². The number of urea groups is 1. The van der Waals surface area contributed by atoms with Gasteiger partial charge in [-0.05, 0) is 35.9 Å². The van der Waals surface area contributed by atoms with Crippen molar-refractivity contribution in [3.63, 3.8) is 0 Å². The van der Waals surface area contributed by atoms with Crippen LogP contribution in [-0.2, 0) is 6.42 Å². The van der Waals surface area contributed by atoms with Crippen molar-refractivity contribution in [2.24, 2.45) is 0 Å². The molecule has 0 aromatic heterocycles. The molecule has 106 valence electrons. The Labute approximate surface area is 121 Å². The summed E-state index contributed by atoms with van der Waals surface area (Å²) in [6.07, 6.45) is 0.797. The fourth-order valence-electron chi connectivity index (χ4n) is 2.25. The van der Waals surface area contributed by atoms with E-state index in [1.807, 2.05) is 18.2 Å². The topological polar surface area (TPSA) is 53.2 Å². The summed E-state index contributed by atoms with van der Waals surface area (Å²) in [6, 6.07) is 10.9. The minimum absolute atomic E-state index is 0.395. The van der Waals surface area contributed by atoms with Crippen LogP contribution in [0.5, 0.6) is 0 Å². The van der Waals surface area contributed by atoms with Gasteiger partial charge in [-0.3, -0.25) is 0 Å². The largest absolute Gasteiger partial charge is 0.359 e. The molecule has 2 aromatic carbocycles.